The molecule has 4 aromatic rings. The minimum Gasteiger partial charge on any atom is -0.393 e. The Hall–Kier alpha value is -2.63. The standard InChI is InChI=1S/C25H26FN5O2S2.ClH/c1-2-27-24(33)30-25-29-22-21(26)18(12-19(23(22)35-25)20-5-3-4-8-28-20)15-11-17(34-14-15)13-31-9-6-16(32)7-10-31;/h3-5,8,11-12,14,16,32H,2,6-7,9-10,13H2,1H3,(H2,27,29,30,33);1H. The van der Waals surface area contributed by atoms with Crippen LogP contribution in [0.3, 0.4) is 0 Å². The first-order chi connectivity index (χ1) is 17.0. The summed E-state index contributed by atoms with van der Waals surface area (Å²) in [5.74, 6) is -0.412. The number of hydrogen-bond donors (Lipinski definition) is 3. The SMILES string of the molecule is CCNC(=O)Nc1nc2c(F)c(-c3csc(CN4CCC(O)CC4)c3)cc(-c3ccccn3)c2s1.Cl. The van der Waals surface area contributed by atoms with Gasteiger partial charge in [-0.05, 0) is 55.0 Å². The summed E-state index contributed by atoms with van der Waals surface area (Å²) in [4.78, 5) is 24.4. The lowest BCUT2D eigenvalue weighted by atomic mass is 10.0. The Labute approximate surface area is 222 Å². The number of pyridine rings is 1. The monoisotopic (exact) mass is 547 g/mol. The van der Waals surface area contributed by atoms with E-state index in [1.807, 2.05) is 42.6 Å². The predicted octanol–water partition coefficient (Wildman–Crippen LogP) is 5.75. The molecule has 1 aliphatic heterocycles. The first-order valence-electron chi connectivity index (χ1n) is 11.6. The molecule has 36 heavy (non-hydrogen) atoms. The second kappa shape index (κ2) is 11.6. The molecule has 5 rings (SSSR count). The molecule has 190 valence electrons. The van der Waals surface area contributed by atoms with Gasteiger partial charge in [-0.1, -0.05) is 17.4 Å². The van der Waals surface area contributed by atoms with Crippen LogP contribution in [0.15, 0.2) is 41.9 Å². The molecule has 7 nitrogen and oxygen atoms in total. The van der Waals surface area contributed by atoms with Gasteiger partial charge in [0.05, 0.1) is 16.5 Å². The van der Waals surface area contributed by atoms with Crippen molar-refractivity contribution in [3.8, 4) is 22.4 Å². The molecular formula is C25H27ClFN5O2S2. The second-order valence-electron chi connectivity index (χ2n) is 8.49. The van der Waals surface area contributed by atoms with E-state index in [1.165, 1.54) is 11.3 Å². The van der Waals surface area contributed by atoms with E-state index >= 15 is 4.39 Å². The fourth-order valence-electron chi connectivity index (χ4n) is 4.23. The third-order valence-corrected chi connectivity index (χ3v) is 7.93. The molecule has 0 unspecified atom stereocenters. The summed E-state index contributed by atoms with van der Waals surface area (Å²) < 4.78 is 16.5. The van der Waals surface area contributed by atoms with Gasteiger partial charge in [-0.15, -0.1) is 23.7 Å². The van der Waals surface area contributed by atoms with Crippen molar-refractivity contribution < 1.29 is 14.3 Å². The minimum absolute atomic E-state index is 0. The Balaban J connectivity index is 0.00000304. The number of carbonyl (C=O) groups excluding carboxylic acids is 1. The molecule has 0 atom stereocenters. The van der Waals surface area contributed by atoms with E-state index in [1.54, 1.807) is 17.5 Å². The molecule has 0 saturated carbocycles. The number of piperidine rings is 1. The Morgan fingerprint density at radius 1 is 1.25 bits per heavy atom. The van der Waals surface area contributed by atoms with E-state index in [0.717, 1.165) is 48.5 Å². The van der Waals surface area contributed by atoms with Gasteiger partial charge in [-0.2, -0.15) is 0 Å². The summed E-state index contributed by atoms with van der Waals surface area (Å²) >= 11 is 2.84. The highest BCUT2D eigenvalue weighted by Gasteiger charge is 2.22. The van der Waals surface area contributed by atoms with Crippen LogP contribution in [-0.4, -0.2) is 51.7 Å². The molecule has 3 N–H and O–H groups in total. The van der Waals surface area contributed by atoms with Crippen LogP contribution in [0.25, 0.3) is 32.6 Å². The zero-order valence-electron chi connectivity index (χ0n) is 19.7. The predicted molar refractivity (Wildman–Crippen MR) is 147 cm³/mol. The van der Waals surface area contributed by atoms with Crippen molar-refractivity contribution in [2.24, 2.45) is 0 Å². The molecule has 3 aromatic heterocycles. The summed E-state index contributed by atoms with van der Waals surface area (Å²) in [6.07, 6.45) is 3.07. The third kappa shape index (κ3) is 5.68. The van der Waals surface area contributed by atoms with E-state index in [9.17, 15) is 9.90 Å². The van der Waals surface area contributed by atoms with Crippen molar-refractivity contribution in [3.63, 3.8) is 0 Å². The molecule has 0 bridgehead atoms. The number of carbonyl (C=O) groups is 1. The highest BCUT2D eigenvalue weighted by atomic mass is 35.5. The van der Waals surface area contributed by atoms with Crippen molar-refractivity contribution in [1.29, 1.82) is 0 Å². The highest BCUT2D eigenvalue weighted by Crippen LogP contribution is 2.41. The number of benzene rings is 1. The molecule has 1 aliphatic rings. The number of amides is 2. The van der Waals surface area contributed by atoms with Gasteiger partial charge >= 0.3 is 6.03 Å². The summed E-state index contributed by atoms with van der Waals surface area (Å²) in [6.45, 7) is 4.81. The van der Waals surface area contributed by atoms with E-state index in [0.29, 0.717) is 27.6 Å². The van der Waals surface area contributed by atoms with Crippen LogP contribution >= 0.6 is 35.1 Å². The molecule has 11 heteroatoms. The lowest BCUT2D eigenvalue weighted by Gasteiger charge is -2.28. The maximum absolute atomic E-state index is 15.8. The van der Waals surface area contributed by atoms with Crippen LogP contribution in [0.1, 0.15) is 24.6 Å². The number of nitrogens with zero attached hydrogens (tertiary/aromatic N) is 3. The molecule has 1 aromatic carbocycles. The van der Waals surface area contributed by atoms with Crippen LogP contribution in [0, 0.1) is 5.82 Å². The van der Waals surface area contributed by atoms with E-state index in [-0.39, 0.29) is 30.1 Å². The van der Waals surface area contributed by atoms with Gasteiger partial charge in [0, 0.05) is 48.4 Å². The topological polar surface area (TPSA) is 90.4 Å². The largest absolute Gasteiger partial charge is 0.393 e. The van der Waals surface area contributed by atoms with Crippen molar-refractivity contribution in [3.05, 3.63) is 52.6 Å². The van der Waals surface area contributed by atoms with Crippen molar-refractivity contribution >= 4 is 56.5 Å². The van der Waals surface area contributed by atoms with Crippen LogP contribution in [0.4, 0.5) is 14.3 Å². The number of aliphatic hydroxyl groups is 1. The number of anilines is 1. The Bertz CT molecular complexity index is 1340. The summed E-state index contributed by atoms with van der Waals surface area (Å²) in [5.41, 5.74) is 2.97. The van der Waals surface area contributed by atoms with Gasteiger partial charge in [0.1, 0.15) is 5.52 Å². The first kappa shape index (κ1) is 26.4. The number of hydrogen-bond acceptors (Lipinski definition) is 7. The molecule has 0 radical (unpaired) electrons. The van der Waals surface area contributed by atoms with Crippen LogP contribution < -0.4 is 10.6 Å². The minimum atomic E-state index is -0.412. The lowest BCUT2D eigenvalue weighted by molar-refractivity contribution is 0.0797. The number of thiazole rings is 1. The van der Waals surface area contributed by atoms with Crippen molar-refractivity contribution in [2.45, 2.75) is 32.4 Å². The maximum atomic E-state index is 15.8. The Kier molecular flexibility index (Phi) is 8.53. The third-order valence-electron chi connectivity index (χ3n) is 6.00. The average Bonchev–Trinajstić information content (AvgIpc) is 3.49. The van der Waals surface area contributed by atoms with Gasteiger partial charge < -0.3 is 10.4 Å². The van der Waals surface area contributed by atoms with Gasteiger partial charge in [0.15, 0.2) is 10.9 Å². The number of likely N-dealkylation sites (tertiary alicyclic amines) is 1. The van der Waals surface area contributed by atoms with Crippen LogP contribution in [-0.2, 0) is 6.54 Å². The van der Waals surface area contributed by atoms with E-state index < -0.39 is 5.82 Å². The van der Waals surface area contributed by atoms with E-state index in [2.05, 4.69) is 25.5 Å². The van der Waals surface area contributed by atoms with Gasteiger partial charge in [0.25, 0.3) is 0 Å². The van der Waals surface area contributed by atoms with Gasteiger partial charge in [0.2, 0.25) is 0 Å². The molecular weight excluding hydrogens is 521 g/mol. The number of halogens is 2. The molecule has 1 fully saturated rings. The number of urea groups is 1. The zero-order valence-corrected chi connectivity index (χ0v) is 22.1. The fourth-order valence-corrected chi connectivity index (χ4v) is 6.14. The molecule has 0 spiro atoms. The molecule has 2 amide bonds. The van der Waals surface area contributed by atoms with Crippen LogP contribution in [0.5, 0.6) is 0 Å². The number of nitrogens with one attached hydrogen (secondary N) is 2. The summed E-state index contributed by atoms with van der Waals surface area (Å²) in [7, 11) is 0. The molecule has 0 aliphatic carbocycles. The van der Waals surface area contributed by atoms with E-state index in [4.69, 9.17) is 0 Å². The Morgan fingerprint density at radius 2 is 2.06 bits per heavy atom. The fraction of sp³-hybridized carbons (Fsp3) is 0.320. The zero-order chi connectivity index (χ0) is 24.4. The normalized spacial score (nSPS) is 14.5. The Morgan fingerprint density at radius 3 is 2.78 bits per heavy atom. The second-order valence-corrected chi connectivity index (χ2v) is 10.5. The molecule has 4 heterocycles. The number of aromatic nitrogens is 2. The van der Waals surface area contributed by atoms with Gasteiger partial charge in [-0.25, -0.2) is 14.2 Å². The summed E-state index contributed by atoms with van der Waals surface area (Å²) in [5, 5.41) is 17.4. The summed E-state index contributed by atoms with van der Waals surface area (Å²) in [6, 6.07) is 9.10. The van der Waals surface area contributed by atoms with Crippen LogP contribution in [0.2, 0.25) is 0 Å². The van der Waals surface area contributed by atoms with Crippen molar-refractivity contribution in [2.75, 3.05) is 25.0 Å². The maximum Gasteiger partial charge on any atom is 0.321 e. The number of fused-ring (bicyclic) bond motifs is 1. The smallest absolute Gasteiger partial charge is 0.321 e. The quantitative estimate of drug-likeness (QED) is 0.286. The lowest BCUT2D eigenvalue weighted by Crippen LogP contribution is -2.35. The number of rotatable bonds is 6. The highest BCUT2D eigenvalue weighted by molar-refractivity contribution is 7.22. The number of thiophene rings is 1. The number of aliphatic hydroxyl groups excluding tert-OH is 1. The average molecular weight is 548 g/mol. The van der Waals surface area contributed by atoms with Crippen molar-refractivity contribution in [1.82, 2.24) is 20.2 Å². The first-order valence-corrected chi connectivity index (χ1v) is 13.3. The molecule has 1 saturated heterocycles. The van der Waals surface area contributed by atoms with Gasteiger partial charge in [-0.3, -0.25) is 15.2 Å².